The first-order chi connectivity index (χ1) is 8.88. The summed E-state index contributed by atoms with van der Waals surface area (Å²) in [6.45, 7) is 8.09. The van der Waals surface area contributed by atoms with Gasteiger partial charge >= 0.3 is 0 Å². The Hall–Kier alpha value is -0.900. The van der Waals surface area contributed by atoms with Crippen molar-refractivity contribution in [2.45, 2.75) is 26.4 Å². The van der Waals surface area contributed by atoms with E-state index < -0.39 is 0 Å². The smallest absolute Gasteiger partial charge is 0.0950 e. The highest BCUT2D eigenvalue weighted by Crippen LogP contribution is 2.15. The monoisotopic (exact) mass is 251 g/mol. The Bertz CT molecular complexity index is 290. The molecular weight excluding hydrogens is 226 g/mol. The van der Waals surface area contributed by atoms with E-state index in [1.807, 2.05) is 25.1 Å². The summed E-state index contributed by atoms with van der Waals surface area (Å²) in [5.74, 6) is 0. The molecule has 102 valence electrons. The molecule has 0 spiro atoms. The summed E-state index contributed by atoms with van der Waals surface area (Å²) in [6, 6.07) is 10.3. The van der Waals surface area contributed by atoms with Gasteiger partial charge in [-0.3, -0.25) is 0 Å². The lowest BCUT2D eigenvalue weighted by Gasteiger charge is -2.19. The lowest BCUT2D eigenvalue weighted by molar-refractivity contribution is 0.00695. The summed E-state index contributed by atoms with van der Waals surface area (Å²) in [7, 11) is 0. The second kappa shape index (κ2) is 10.1. The van der Waals surface area contributed by atoms with Gasteiger partial charge in [-0.25, -0.2) is 0 Å². The van der Waals surface area contributed by atoms with E-state index in [1.165, 1.54) is 5.56 Å². The van der Waals surface area contributed by atoms with Gasteiger partial charge in [-0.2, -0.15) is 0 Å². The van der Waals surface area contributed by atoms with Crippen molar-refractivity contribution in [2.75, 3.05) is 32.9 Å². The number of hydrogen-bond acceptors (Lipinski definition) is 3. The number of rotatable bonds is 10. The van der Waals surface area contributed by atoms with Crippen molar-refractivity contribution in [2.24, 2.45) is 0 Å². The zero-order valence-electron chi connectivity index (χ0n) is 11.5. The number of hydrogen-bond donors (Lipinski definition) is 1. The van der Waals surface area contributed by atoms with E-state index >= 15 is 0 Å². The Morgan fingerprint density at radius 3 is 2.56 bits per heavy atom. The number of benzene rings is 1. The van der Waals surface area contributed by atoms with Crippen LogP contribution in [-0.2, 0) is 9.47 Å². The van der Waals surface area contributed by atoms with E-state index in [2.05, 4.69) is 24.4 Å². The lowest BCUT2D eigenvalue weighted by atomic mass is 10.1. The molecular formula is C15H25NO2. The third kappa shape index (κ3) is 6.15. The van der Waals surface area contributed by atoms with Crippen molar-refractivity contribution in [3.8, 4) is 0 Å². The maximum absolute atomic E-state index is 5.89. The van der Waals surface area contributed by atoms with E-state index in [-0.39, 0.29) is 6.10 Å². The molecule has 0 saturated carbocycles. The van der Waals surface area contributed by atoms with Crippen molar-refractivity contribution >= 4 is 0 Å². The molecule has 0 aliphatic rings. The van der Waals surface area contributed by atoms with Crippen molar-refractivity contribution < 1.29 is 9.47 Å². The molecule has 0 heterocycles. The van der Waals surface area contributed by atoms with Crippen molar-refractivity contribution in [1.29, 1.82) is 0 Å². The first-order valence-corrected chi connectivity index (χ1v) is 6.83. The molecule has 1 rings (SSSR count). The summed E-state index contributed by atoms with van der Waals surface area (Å²) < 4.78 is 11.2. The van der Waals surface area contributed by atoms with Gasteiger partial charge in [0.05, 0.1) is 19.3 Å². The van der Waals surface area contributed by atoms with Gasteiger partial charge in [-0.1, -0.05) is 37.3 Å². The van der Waals surface area contributed by atoms with E-state index in [4.69, 9.17) is 9.47 Å². The van der Waals surface area contributed by atoms with Crippen LogP contribution >= 0.6 is 0 Å². The van der Waals surface area contributed by atoms with Crippen molar-refractivity contribution in [3.05, 3.63) is 35.9 Å². The van der Waals surface area contributed by atoms with Crippen LogP contribution < -0.4 is 5.32 Å². The van der Waals surface area contributed by atoms with Gasteiger partial charge < -0.3 is 14.8 Å². The molecule has 1 atom stereocenters. The van der Waals surface area contributed by atoms with Crippen LogP contribution in [0.3, 0.4) is 0 Å². The first kappa shape index (κ1) is 15.2. The highest BCUT2D eigenvalue weighted by atomic mass is 16.5. The summed E-state index contributed by atoms with van der Waals surface area (Å²) >= 11 is 0. The lowest BCUT2D eigenvalue weighted by Crippen LogP contribution is -2.25. The minimum absolute atomic E-state index is 0.109. The van der Waals surface area contributed by atoms with Crippen LogP contribution in [0.15, 0.2) is 30.3 Å². The van der Waals surface area contributed by atoms with Crippen LogP contribution in [0.1, 0.15) is 31.9 Å². The van der Waals surface area contributed by atoms with Gasteiger partial charge in [0, 0.05) is 13.2 Å². The fourth-order valence-electron chi connectivity index (χ4n) is 1.74. The Kier molecular flexibility index (Phi) is 8.47. The summed E-state index contributed by atoms with van der Waals surface area (Å²) in [4.78, 5) is 0. The van der Waals surface area contributed by atoms with Crippen LogP contribution in [-0.4, -0.2) is 32.9 Å². The van der Waals surface area contributed by atoms with Crippen molar-refractivity contribution in [1.82, 2.24) is 5.32 Å². The minimum atomic E-state index is 0.109. The maximum Gasteiger partial charge on any atom is 0.0950 e. The average molecular weight is 251 g/mol. The van der Waals surface area contributed by atoms with Crippen LogP contribution in [0, 0.1) is 0 Å². The average Bonchev–Trinajstić information content (AvgIpc) is 2.42. The second-order valence-electron chi connectivity index (χ2n) is 4.17. The molecule has 0 aromatic heterocycles. The van der Waals surface area contributed by atoms with Crippen LogP contribution in [0.25, 0.3) is 0 Å². The van der Waals surface area contributed by atoms with Gasteiger partial charge in [0.25, 0.3) is 0 Å². The van der Waals surface area contributed by atoms with E-state index in [0.29, 0.717) is 13.2 Å². The molecule has 0 bridgehead atoms. The maximum atomic E-state index is 5.89. The van der Waals surface area contributed by atoms with E-state index in [1.54, 1.807) is 0 Å². The zero-order valence-corrected chi connectivity index (χ0v) is 11.5. The Balaban J connectivity index is 2.42. The van der Waals surface area contributed by atoms with Gasteiger partial charge in [-0.05, 0) is 25.5 Å². The van der Waals surface area contributed by atoms with Gasteiger partial charge in [-0.15, -0.1) is 0 Å². The quantitative estimate of drug-likeness (QED) is 0.649. The molecule has 3 nitrogen and oxygen atoms in total. The summed E-state index contributed by atoms with van der Waals surface area (Å²) in [5, 5.41) is 3.41. The van der Waals surface area contributed by atoms with Gasteiger partial charge in [0.1, 0.15) is 0 Å². The molecule has 1 aromatic rings. The highest BCUT2D eigenvalue weighted by molar-refractivity contribution is 5.17. The minimum Gasteiger partial charge on any atom is -0.379 e. The Morgan fingerprint density at radius 1 is 1.11 bits per heavy atom. The third-order valence-corrected chi connectivity index (χ3v) is 2.68. The van der Waals surface area contributed by atoms with Crippen LogP contribution in [0.5, 0.6) is 0 Å². The molecule has 0 saturated heterocycles. The fourth-order valence-corrected chi connectivity index (χ4v) is 1.74. The standard InChI is InChI=1S/C15H25NO2/c1-3-10-16-13-15(18-12-11-17-4-2)14-8-6-5-7-9-14/h5-9,15-16H,3-4,10-13H2,1-2H3. The van der Waals surface area contributed by atoms with E-state index in [0.717, 1.165) is 26.1 Å². The predicted octanol–water partition coefficient (Wildman–Crippen LogP) is 2.78. The Labute approximate surface area is 110 Å². The molecule has 0 aliphatic heterocycles. The van der Waals surface area contributed by atoms with Gasteiger partial charge in [0.15, 0.2) is 0 Å². The molecule has 0 fully saturated rings. The summed E-state index contributed by atoms with van der Waals surface area (Å²) in [5.41, 5.74) is 1.22. The van der Waals surface area contributed by atoms with Crippen molar-refractivity contribution in [3.63, 3.8) is 0 Å². The third-order valence-electron chi connectivity index (χ3n) is 2.68. The predicted molar refractivity (Wildman–Crippen MR) is 74.8 cm³/mol. The number of ether oxygens (including phenoxy) is 2. The molecule has 3 heteroatoms. The normalized spacial score (nSPS) is 12.6. The number of nitrogens with one attached hydrogen (secondary N) is 1. The Morgan fingerprint density at radius 2 is 1.89 bits per heavy atom. The molecule has 18 heavy (non-hydrogen) atoms. The molecule has 0 aliphatic carbocycles. The topological polar surface area (TPSA) is 30.5 Å². The first-order valence-electron chi connectivity index (χ1n) is 6.83. The molecule has 0 amide bonds. The van der Waals surface area contributed by atoms with Crippen LogP contribution in [0.4, 0.5) is 0 Å². The second-order valence-corrected chi connectivity index (χ2v) is 4.17. The highest BCUT2D eigenvalue weighted by Gasteiger charge is 2.10. The molecule has 1 N–H and O–H groups in total. The molecule has 1 unspecified atom stereocenters. The SMILES string of the molecule is CCCNCC(OCCOCC)c1ccccc1. The zero-order chi connectivity index (χ0) is 13.1. The van der Waals surface area contributed by atoms with Crippen LogP contribution in [0.2, 0.25) is 0 Å². The molecule has 0 radical (unpaired) electrons. The fraction of sp³-hybridized carbons (Fsp3) is 0.600. The van der Waals surface area contributed by atoms with Gasteiger partial charge in [0.2, 0.25) is 0 Å². The largest absolute Gasteiger partial charge is 0.379 e. The summed E-state index contributed by atoms with van der Waals surface area (Å²) in [6.07, 6.45) is 1.25. The van der Waals surface area contributed by atoms with E-state index in [9.17, 15) is 0 Å². The molecule has 1 aromatic carbocycles.